The van der Waals surface area contributed by atoms with Crippen molar-refractivity contribution >= 4 is 23.6 Å². The maximum absolute atomic E-state index is 12.6. The van der Waals surface area contributed by atoms with Crippen LogP contribution in [0.3, 0.4) is 0 Å². The van der Waals surface area contributed by atoms with E-state index in [1.165, 1.54) is 44.5 Å². The lowest BCUT2D eigenvalue weighted by atomic mass is 9.66. The fourth-order valence-electron chi connectivity index (χ4n) is 5.85. The lowest BCUT2D eigenvalue weighted by molar-refractivity contribution is 0.588. The summed E-state index contributed by atoms with van der Waals surface area (Å²) >= 11 is 0. The van der Waals surface area contributed by atoms with Gasteiger partial charge in [-0.3, -0.25) is 0 Å². The van der Waals surface area contributed by atoms with Crippen molar-refractivity contribution in [2.45, 2.75) is 18.8 Å². The Bertz CT molecular complexity index is 1500. The Labute approximate surface area is 214 Å². The smallest absolute Gasteiger partial charge is 0.109 e. The van der Waals surface area contributed by atoms with E-state index in [1.807, 2.05) is 13.3 Å². The first-order chi connectivity index (χ1) is 17.5. The van der Waals surface area contributed by atoms with Gasteiger partial charge in [-0.1, -0.05) is 115 Å². The second-order valence-electron chi connectivity index (χ2n) is 10.3. The van der Waals surface area contributed by atoms with Gasteiger partial charge >= 0.3 is 0 Å². The summed E-state index contributed by atoms with van der Waals surface area (Å²) in [6.07, 6.45) is 18.1. The summed E-state index contributed by atoms with van der Waals surface area (Å²) in [5.41, 5.74) is 10.5. The summed E-state index contributed by atoms with van der Waals surface area (Å²) in [7, 11) is -2.28. The SMILES string of the molecule is CP(C)(=O)c1ccc(C2c3ccccc3C(c3ccc(C4=CCCC=C4)cc3)=C3C=CC=CC32)cc1. The number of rotatable bonds is 4. The van der Waals surface area contributed by atoms with E-state index in [0.29, 0.717) is 0 Å². The van der Waals surface area contributed by atoms with Crippen molar-refractivity contribution in [1.82, 2.24) is 0 Å². The molecule has 0 aromatic heterocycles. The van der Waals surface area contributed by atoms with Gasteiger partial charge < -0.3 is 4.57 Å². The van der Waals surface area contributed by atoms with Crippen molar-refractivity contribution in [3.63, 3.8) is 0 Å². The van der Waals surface area contributed by atoms with E-state index in [4.69, 9.17) is 0 Å². The predicted molar refractivity (Wildman–Crippen MR) is 154 cm³/mol. The van der Waals surface area contributed by atoms with Crippen LogP contribution in [-0.2, 0) is 4.57 Å². The fraction of sp³-hybridized carbons (Fsp3) is 0.176. The van der Waals surface area contributed by atoms with Gasteiger partial charge in [0.15, 0.2) is 0 Å². The van der Waals surface area contributed by atoms with Gasteiger partial charge in [0.05, 0.1) is 0 Å². The van der Waals surface area contributed by atoms with E-state index < -0.39 is 7.14 Å². The quantitative estimate of drug-likeness (QED) is 0.339. The molecule has 0 N–H and O–H groups in total. The number of benzene rings is 3. The molecule has 2 unspecified atom stereocenters. The predicted octanol–water partition coefficient (Wildman–Crippen LogP) is 8.36. The molecule has 2 heteroatoms. The molecule has 36 heavy (non-hydrogen) atoms. The molecule has 3 aromatic carbocycles. The third-order valence-corrected chi connectivity index (χ3v) is 9.20. The van der Waals surface area contributed by atoms with Gasteiger partial charge in [0, 0.05) is 17.1 Å². The van der Waals surface area contributed by atoms with Gasteiger partial charge in [0.25, 0.3) is 0 Å². The molecular formula is C34H31OP. The molecule has 0 bridgehead atoms. The molecule has 178 valence electrons. The maximum atomic E-state index is 12.6. The van der Waals surface area contributed by atoms with E-state index in [1.54, 1.807) is 0 Å². The number of fused-ring (bicyclic) bond motifs is 2. The first-order valence-corrected chi connectivity index (χ1v) is 15.4. The van der Waals surface area contributed by atoms with Crippen LogP contribution in [0, 0.1) is 5.92 Å². The van der Waals surface area contributed by atoms with Gasteiger partial charge in [-0.15, -0.1) is 0 Å². The summed E-state index contributed by atoms with van der Waals surface area (Å²) in [6, 6.07) is 26.5. The van der Waals surface area contributed by atoms with Crippen LogP contribution in [-0.4, -0.2) is 13.3 Å². The summed E-state index contributed by atoms with van der Waals surface area (Å²) in [5, 5.41) is 0.939. The second-order valence-corrected chi connectivity index (χ2v) is 13.5. The molecular weight excluding hydrogens is 455 g/mol. The van der Waals surface area contributed by atoms with Crippen molar-refractivity contribution in [3.05, 3.63) is 149 Å². The Hall–Kier alpha value is -3.41. The molecule has 3 aliphatic carbocycles. The minimum atomic E-state index is -2.28. The van der Waals surface area contributed by atoms with Crippen LogP contribution in [0.5, 0.6) is 0 Å². The fourth-order valence-corrected chi connectivity index (χ4v) is 6.72. The average molecular weight is 487 g/mol. The Morgan fingerprint density at radius 3 is 2.25 bits per heavy atom. The van der Waals surface area contributed by atoms with E-state index >= 15 is 0 Å². The third-order valence-electron chi connectivity index (χ3n) is 7.65. The van der Waals surface area contributed by atoms with Gasteiger partial charge in [-0.05, 0) is 70.7 Å². The van der Waals surface area contributed by atoms with Crippen LogP contribution in [0.25, 0.3) is 11.1 Å². The molecule has 0 saturated carbocycles. The number of hydrogen-bond acceptors (Lipinski definition) is 1. The van der Waals surface area contributed by atoms with Gasteiger partial charge in [0.2, 0.25) is 0 Å². The highest BCUT2D eigenvalue weighted by Crippen LogP contribution is 2.50. The lowest BCUT2D eigenvalue weighted by Gasteiger charge is -2.37. The Balaban J connectivity index is 1.47. The molecule has 0 amide bonds. The summed E-state index contributed by atoms with van der Waals surface area (Å²) < 4.78 is 12.6. The van der Waals surface area contributed by atoms with E-state index in [-0.39, 0.29) is 11.8 Å². The van der Waals surface area contributed by atoms with Gasteiger partial charge in [-0.2, -0.15) is 0 Å². The van der Waals surface area contributed by atoms with E-state index in [9.17, 15) is 4.57 Å². The molecule has 0 fully saturated rings. The first kappa shape index (κ1) is 23.0. The second kappa shape index (κ2) is 9.23. The van der Waals surface area contributed by atoms with Crippen LogP contribution in [0.2, 0.25) is 0 Å². The normalized spacial score (nSPS) is 20.7. The van der Waals surface area contributed by atoms with Crippen LogP contribution in [0.15, 0.2) is 121 Å². The Morgan fingerprint density at radius 2 is 1.53 bits per heavy atom. The third kappa shape index (κ3) is 4.12. The van der Waals surface area contributed by atoms with E-state index in [2.05, 4.69) is 115 Å². The Kier molecular flexibility index (Phi) is 5.90. The highest BCUT2D eigenvalue weighted by Gasteiger charge is 2.35. The van der Waals surface area contributed by atoms with Crippen molar-refractivity contribution < 1.29 is 4.57 Å². The Morgan fingerprint density at radius 1 is 0.778 bits per heavy atom. The number of hydrogen-bond donors (Lipinski definition) is 0. The molecule has 0 heterocycles. The van der Waals surface area contributed by atoms with E-state index in [0.717, 1.165) is 18.1 Å². The molecule has 0 spiro atoms. The first-order valence-electron chi connectivity index (χ1n) is 12.8. The topological polar surface area (TPSA) is 17.1 Å². The maximum Gasteiger partial charge on any atom is 0.109 e. The van der Waals surface area contributed by atoms with Crippen molar-refractivity contribution in [2.24, 2.45) is 5.92 Å². The minimum Gasteiger partial charge on any atom is -0.319 e. The average Bonchev–Trinajstić information content (AvgIpc) is 2.92. The molecule has 1 nitrogen and oxygen atoms in total. The van der Waals surface area contributed by atoms with Crippen molar-refractivity contribution in [1.29, 1.82) is 0 Å². The van der Waals surface area contributed by atoms with Gasteiger partial charge in [-0.25, -0.2) is 0 Å². The molecule has 6 rings (SSSR count). The molecule has 0 radical (unpaired) electrons. The molecule has 2 atom stereocenters. The molecule has 0 aliphatic heterocycles. The highest BCUT2D eigenvalue weighted by atomic mass is 31.2. The van der Waals surface area contributed by atoms with Crippen molar-refractivity contribution in [2.75, 3.05) is 13.3 Å². The summed E-state index contributed by atoms with van der Waals surface area (Å²) in [6.45, 7) is 3.68. The standard InChI is InChI=1S/C34H31OP/c1-36(2,35)28-22-20-27(21-23-28)34-31-14-8-6-12-29(31)33(30-13-7-9-15-32(30)34)26-18-16-25(17-19-26)24-10-4-3-5-11-24/h4,6-23,31,34H,3,5H2,1-2H3. The zero-order valence-corrected chi connectivity index (χ0v) is 21.8. The van der Waals surface area contributed by atoms with Crippen LogP contribution in [0.4, 0.5) is 0 Å². The van der Waals surface area contributed by atoms with Crippen LogP contribution in [0.1, 0.15) is 46.6 Å². The molecule has 0 saturated heterocycles. The molecule has 3 aliphatic rings. The van der Waals surface area contributed by atoms with Crippen LogP contribution < -0.4 is 5.30 Å². The largest absolute Gasteiger partial charge is 0.319 e. The zero-order chi connectivity index (χ0) is 24.7. The summed E-state index contributed by atoms with van der Waals surface area (Å²) in [5.74, 6) is 0.476. The monoisotopic (exact) mass is 486 g/mol. The zero-order valence-electron chi connectivity index (χ0n) is 20.9. The molecule has 3 aromatic rings. The van der Waals surface area contributed by atoms with Crippen molar-refractivity contribution in [3.8, 4) is 0 Å². The summed E-state index contributed by atoms with van der Waals surface area (Å²) in [4.78, 5) is 0. The lowest BCUT2D eigenvalue weighted by Crippen LogP contribution is -2.23. The number of allylic oxidation sites excluding steroid dienone is 9. The van der Waals surface area contributed by atoms with Gasteiger partial charge in [0.1, 0.15) is 7.14 Å². The highest BCUT2D eigenvalue weighted by molar-refractivity contribution is 7.70. The van der Waals surface area contributed by atoms with Crippen LogP contribution >= 0.6 is 7.14 Å². The minimum absolute atomic E-state index is 0.222.